The van der Waals surface area contributed by atoms with Crippen LogP contribution in [-0.2, 0) is 28.4 Å². The number of methoxy groups -OCH3 is 2. The predicted octanol–water partition coefficient (Wildman–Crippen LogP) is 2.19. The molecule has 8 nitrogen and oxygen atoms in total. The number of thioether (sulfide) groups is 1. The van der Waals surface area contributed by atoms with Gasteiger partial charge in [0.2, 0.25) is 11.6 Å². The number of hydrogen-bond acceptors (Lipinski definition) is 9. The van der Waals surface area contributed by atoms with Gasteiger partial charge < -0.3 is 33.5 Å². The first-order chi connectivity index (χ1) is 14.3. The van der Waals surface area contributed by atoms with E-state index in [4.69, 9.17) is 28.4 Å². The molecule has 0 amide bonds. The van der Waals surface area contributed by atoms with Gasteiger partial charge in [-0.05, 0) is 31.7 Å². The molecule has 2 saturated heterocycles. The van der Waals surface area contributed by atoms with Crippen LogP contribution in [-0.4, -0.2) is 79.1 Å². The molecule has 9 heteroatoms. The summed E-state index contributed by atoms with van der Waals surface area (Å²) < 4.78 is 35.1. The van der Waals surface area contributed by atoms with Crippen LogP contribution in [0.25, 0.3) is 0 Å². The van der Waals surface area contributed by atoms with Gasteiger partial charge >= 0.3 is 5.97 Å². The fourth-order valence-corrected chi connectivity index (χ4v) is 4.52. The fraction of sp³-hybridized carbons (Fsp3) is 0.667. The molecule has 0 radical (unpaired) electrons. The molecule has 1 aromatic carbocycles. The molecule has 0 unspecified atom stereocenters. The van der Waals surface area contributed by atoms with E-state index in [-0.39, 0.29) is 6.61 Å². The number of fused-ring (bicyclic) bond motifs is 1. The van der Waals surface area contributed by atoms with Crippen LogP contribution in [0, 0.1) is 0 Å². The van der Waals surface area contributed by atoms with Crippen molar-refractivity contribution in [3.63, 3.8) is 0 Å². The van der Waals surface area contributed by atoms with Gasteiger partial charge in [0.15, 0.2) is 0 Å². The second kappa shape index (κ2) is 9.52. The highest BCUT2D eigenvalue weighted by Crippen LogP contribution is 2.44. The minimum absolute atomic E-state index is 0.0603. The number of esters is 1. The molecule has 1 N–H and O–H groups in total. The van der Waals surface area contributed by atoms with E-state index in [1.807, 2.05) is 13.0 Å². The molecule has 30 heavy (non-hydrogen) atoms. The van der Waals surface area contributed by atoms with Crippen molar-refractivity contribution in [3.05, 3.63) is 35.9 Å². The number of rotatable bonds is 7. The third kappa shape index (κ3) is 4.38. The van der Waals surface area contributed by atoms with E-state index in [1.54, 1.807) is 38.1 Å². The van der Waals surface area contributed by atoms with Gasteiger partial charge in [0, 0.05) is 14.2 Å². The van der Waals surface area contributed by atoms with Crippen LogP contribution in [0.2, 0.25) is 0 Å². The second-order valence-corrected chi connectivity index (χ2v) is 8.79. The van der Waals surface area contributed by atoms with E-state index in [9.17, 15) is 9.90 Å². The maximum atomic E-state index is 12.4. The van der Waals surface area contributed by atoms with Gasteiger partial charge in [0.05, 0.1) is 5.56 Å². The summed E-state index contributed by atoms with van der Waals surface area (Å²) in [5.74, 6) is -2.25. The summed E-state index contributed by atoms with van der Waals surface area (Å²) in [5.41, 5.74) is -0.118. The van der Waals surface area contributed by atoms with Crippen molar-refractivity contribution in [3.8, 4) is 0 Å². The van der Waals surface area contributed by atoms with Crippen molar-refractivity contribution in [2.24, 2.45) is 0 Å². The highest BCUT2D eigenvalue weighted by molar-refractivity contribution is 7.99. The average Bonchev–Trinajstić information content (AvgIpc) is 2.76. The monoisotopic (exact) mass is 442 g/mol. The van der Waals surface area contributed by atoms with Gasteiger partial charge in [0.1, 0.15) is 36.5 Å². The zero-order chi connectivity index (χ0) is 21.9. The van der Waals surface area contributed by atoms with E-state index < -0.39 is 47.4 Å². The Labute approximate surface area is 181 Å². The molecule has 0 saturated carbocycles. The first-order valence-electron chi connectivity index (χ1n) is 9.91. The molecular formula is C21H30O8S. The van der Waals surface area contributed by atoms with Crippen LogP contribution in [0.4, 0.5) is 0 Å². The van der Waals surface area contributed by atoms with Crippen LogP contribution in [0.5, 0.6) is 0 Å². The van der Waals surface area contributed by atoms with Gasteiger partial charge in [-0.3, -0.25) is 0 Å². The maximum absolute atomic E-state index is 12.4. The molecule has 0 spiro atoms. The average molecular weight is 443 g/mol. The quantitative estimate of drug-likeness (QED) is 0.638. The van der Waals surface area contributed by atoms with Crippen LogP contribution in [0.15, 0.2) is 30.3 Å². The number of hydrogen-bond donors (Lipinski definition) is 1. The minimum atomic E-state index is -1.27. The third-order valence-electron chi connectivity index (χ3n) is 5.66. The SMILES string of the molecule is CCS[C@H]1O[C@H](COC(=O)c2ccccc2)[C@H]2O[C@](C)(OC)[C@@](C)(OC)O[C@@H]2[C@@H]1O. The summed E-state index contributed by atoms with van der Waals surface area (Å²) in [6.45, 7) is 5.30. The minimum Gasteiger partial charge on any atom is -0.459 e. The van der Waals surface area contributed by atoms with E-state index in [0.29, 0.717) is 5.56 Å². The summed E-state index contributed by atoms with van der Waals surface area (Å²) in [6, 6.07) is 8.71. The maximum Gasteiger partial charge on any atom is 0.338 e. The second-order valence-electron chi connectivity index (χ2n) is 7.42. The van der Waals surface area contributed by atoms with Gasteiger partial charge in [-0.2, -0.15) is 0 Å². The van der Waals surface area contributed by atoms with E-state index in [2.05, 4.69) is 0 Å². The molecule has 168 valence electrons. The van der Waals surface area contributed by atoms with Gasteiger partial charge in [0.25, 0.3) is 0 Å². The lowest BCUT2D eigenvalue weighted by Gasteiger charge is -2.56. The molecule has 2 aliphatic rings. The molecule has 2 fully saturated rings. The van der Waals surface area contributed by atoms with Crippen LogP contribution in [0.1, 0.15) is 31.1 Å². The van der Waals surface area contributed by atoms with Crippen LogP contribution < -0.4 is 0 Å². The van der Waals surface area contributed by atoms with E-state index in [0.717, 1.165) is 5.75 Å². The molecule has 7 atom stereocenters. The van der Waals surface area contributed by atoms with Crippen LogP contribution in [0.3, 0.4) is 0 Å². The molecule has 3 rings (SSSR count). The number of carbonyl (C=O) groups excluding carboxylic acids is 1. The Morgan fingerprint density at radius 3 is 2.27 bits per heavy atom. The number of ether oxygens (including phenoxy) is 6. The molecule has 1 aromatic rings. The topological polar surface area (TPSA) is 92.7 Å². The van der Waals surface area contributed by atoms with Crippen molar-refractivity contribution in [1.29, 1.82) is 0 Å². The summed E-state index contributed by atoms with van der Waals surface area (Å²) in [7, 11) is 2.98. The van der Waals surface area contributed by atoms with Crippen molar-refractivity contribution in [2.45, 2.75) is 62.2 Å². The predicted molar refractivity (Wildman–Crippen MR) is 110 cm³/mol. The Bertz CT molecular complexity index is 718. The Morgan fingerprint density at radius 2 is 1.70 bits per heavy atom. The highest BCUT2D eigenvalue weighted by atomic mass is 32.2. The van der Waals surface area contributed by atoms with E-state index >= 15 is 0 Å². The summed E-state index contributed by atoms with van der Waals surface area (Å²) in [5, 5.41) is 10.9. The van der Waals surface area contributed by atoms with Gasteiger partial charge in [-0.1, -0.05) is 25.1 Å². The van der Waals surface area contributed by atoms with Gasteiger partial charge in [-0.25, -0.2) is 4.79 Å². The zero-order valence-corrected chi connectivity index (χ0v) is 18.7. The highest BCUT2D eigenvalue weighted by Gasteiger charge is 2.62. The molecule has 2 aliphatic heterocycles. The lowest BCUT2D eigenvalue weighted by molar-refractivity contribution is -0.470. The third-order valence-corrected chi connectivity index (χ3v) is 6.71. The normalized spacial score (nSPS) is 38.7. The number of benzene rings is 1. The van der Waals surface area contributed by atoms with Gasteiger partial charge in [-0.15, -0.1) is 11.8 Å². The fourth-order valence-electron chi connectivity index (χ4n) is 3.62. The van der Waals surface area contributed by atoms with Crippen molar-refractivity contribution >= 4 is 17.7 Å². The summed E-state index contributed by atoms with van der Waals surface area (Å²) >= 11 is 1.44. The lowest BCUT2D eigenvalue weighted by atomic mass is 9.95. The Morgan fingerprint density at radius 1 is 1.10 bits per heavy atom. The first kappa shape index (κ1) is 23.5. The Hall–Kier alpha value is -1.20. The molecule has 0 aliphatic carbocycles. The standard InChI is InChI=1S/C21H30O8S/c1-6-30-19-15(22)17-16(28-20(2,24-4)21(3,25-5)29-17)14(27-19)12-26-18(23)13-10-8-7-9-11-13/h7-11,14-17,19,22H,6,12H2,1-5H3/t14-,15+,16-,17-,19-,20+,21+/m1/s1. The lowest BCUT2D eigenvalue weighted by Crippen LogP contribution is -2.72. The van der Waals surface area contributed by atoms with Crippen molar-refractivity contribution in [1.82, 2.24) is 0 Å². The summed E-state index contributed by atoms with van der Waals surface area (Å²) in [4.78, 5) is 12.4. The summed E-state index contributed by atoms with van der Waals surface area (Å²) in [6.07, 6.45) is -3.11. The number of aliphatic hydroxyl groups excluding tert-OH is 1. The first-order valence-corrected chi connectivity index (χ1v) is 11.0. The Balaban J connectivity index is 1.81. The zero-order valence-electron chi connectivity index (χ0n) is 17.9. The molecule has 0 bridgehead atoms. The smallest absolute Gasteiger partial charge is 0.338 e. The molecular weight excluding hydrogens is 412 g/mol. The largest absolute Gasteiger partial charge is 0.459 e. The van der Waals surface area contributed by atoms with Crippen LogP contribution >= 0.6 is 11.8 Å². The molecule has 2 heterocycles. The van der Waals surface area contributed by atoms with E-state index in [1.165, 1.54) is 26.0 Å². The molecule has 0 aromatic heterocycles. The van der Waals surface area contributed by atoms with Crippen molar-refractivity contribution in [2.75, 3.05) is 26.6 Å². The van der Waals surface area contributed by atoms with Crippen molar-refractivity contribution < 1.29 is 38.3 Å². The number of carbonyl (C=O) groups is 1. The number of aliphatic hydroxyl groups is 1. The Kier molecular flexibility index (Phi) is 7.44.